The van der Waals surface area contributed by atoms with Crippen molar-refractivity contribution in [3.05, 3.63) is 29.6 Å². The van der Waals surface area contributed by atoms with Crippen molar-refractivity contribution in [2.75, 3.05) is 0 Å². The van der Waals surface area contributed by atoms with Crippen LogP contribution in [-0.4, -0.2) is 16.5 Å². The SMILES string of the molecule is CC(C)(C)NCc1cc(CNC(=N)N)ccn1. The zero-order valence-electron chi connectivity index (χ0n) is 10.7. The van der Waals surface area contributed by atoms with Gasteiger partial charge in [-0.1, -0.05) is 0 Å². The van der Waals surface area contributed by atoms with Crippen LogP contribution >= 0.6 is 0 Å². The normalized spacial score (nSPS) is 11.2. The largest absolute Gasteiger partial charge is 0.370 e. The van der Waals surface area contributed by atoms with Crippen LogP contribution < -0.4 is 16.4 Å². The van der Waals surface area contributed by atoms with Gasteiger partial charge >= 0.3 is 0 Å². The Morgan fingerprint density at radius 3 is 2.71 bits per heavy atom. The van der Waals surface area contributed by atoms with Crippen molar-refractivity contribution in [2.24, 2.45) is 5.73 Å². The van der Waals surface area contributed by atoms with E-state index in [2.05, 4.69) is 36.4 Å². The van der Waals surface area contributed by atoms with E-state index < -0.39 is 0 Å². The van der Waals surface area contributed by atoms with E-state index in [9.17, 15) is 0 Å². The smallest absolute Gasteiger partial charge is 0.185 e. The van der Waals surface area contributed by atoms with Gasteiger partial charge in [-0.15, -0.1) is 0 Å². The number of hydrogen-bond acceptors (Lipinski definition) is 3. The molecule has 0 saturated heterocycles. The van der Waals surface area contributed by atoms with Crippen molar-refractivity contribution in [3.8, 4) is 0 Å². The molecule has 0 spiro atoms. The van der Waals surface area contributed by atoms with Gasteiger partial charge in [-0.05, 0) is 38.5 Å². The molecule has 0 aliphatic heterocycles. The van der Waals surface area contributed by atoms with Crippen molar-refractivity contribution in [2.45, 2.75) is 39.4 Å². The van der Waals surface area contributed by atoms with E-state index in [0.717, 1.165) is 17.8 Å². The van der Waals surface area contributed by atoms with Gasteiger partial charge in [0.25, 0.3) is 0 Å². The van der Waals surface area contributed by atoms with Gasteiger partial charge < -0.3 is 16.4 Å². The Morgan fingerprint density at radius 1 is 1.41 bits per heavy atom. The molecule has 0 aromatic carbocycles. The third-order valence-electron chi connectivity index (χ3n) is 2.16. The molecule has 0 aliphatic carbocycles. The lowest BCUT2D eigenvalue weighted by Gasteiger charge is -2.20. The molecule has 0 atom stereocenters. The molecule has 0 fully saturated rings. The van der Waals surface area contributed by atoms with Crippen LogP contribution in [0, 0.1) is 5.41 Å². The van der Waals surface area contributed by atoms with Crippen LogP contribution in [-0.2, 0) is 13.1 Å². The summed E-state index contributed by atoms with van der Waals surface area (Å²) in [6.45, 7) is 7.65. The highest BCUT2D eigenvalue weighted by Crippen LogP contribution is 2.04. The Kier molecular flexibility index (Phi) is 4.45. The second kappa shape index (κ2) is 5.63. The summed E-state index contributed by atoms with van der Waals surface area (Å²) in [4.78, 5) is 4.29. The molecule has 1 aromatic heterocycles. The minimum absolute atomic E-state index is 0.0174. The van der Waals surface area contributed by atoms with Crippen molar-refractivity contribution in [3.63, 3.8) is 0 Å². The fourth-order valence-electron chi connectivity index (χ4n) is 1.29. The van der Waals surface area contributed by atoms with Crippen LogP contribution in [0.3, 0.4) is 0 Å². The van der Waals surface area contributed by atoms with Crippen LogP contribution in [0.4, 0.5) is 0 Å². The van der Waals surface area contributed by atoms with E-state index in [-0.39, 0.29) is 11.5 Å². The topological polar surface area (TPSA) is 86.8 Å². The quantitative estimate of drug-likeness (QED) is 0.462. The molecular formula is C12H21N5. The summed E-state index contributed by atoms with van der Waals surface area (Å²) in [5, 5.41) is 13.3. The van der Waals surface area contributed by atoms with E-state index in [1.54, 1.807) is 6.20 Å². The number of nitrogens with one attached hydrogen (secondary N) is 3. The molecule has 0 unspecified atom stereocenters. The maximum absolute atomic E-state index is 7.10. The summed E-state index contributed by atoms with van der Waals surface area (Å²) in [6.07, 6.45) is 1.77. The number of hydrogen-bond donors (Lipinski definition) is 4. The lowest BCUT2D eigenvalue weighted by molar-refractivity contribution is 0.421. The summed E-state index contributed by atoms with van der Waals surface area (Å²) in [6, 6.07) is 3.92. The zero-order valence-corrected chi connectivity index (χ0v) is 10.7. The van der Waals surface area contributed by atoms with Gasteiger partial charge in [-0.25, -0.2) is 0 Å². The first-order valence-electron chi connectivity index (χ1n) is 5.63. The van der Waals surface area contributed by atoms with Gasteiger partial charge in [0.05, 0.1) is 5.69 Å². The zero-order chi connectivity index (χ0) is 12.9. The van der Waals surface area contributed by atoms with Crippen molar-refractivity contribution in [1.82, 2.24) is 15.6 Å². The van der Waals surface area contributed by atoms with Crippen molar-refractivity contribution >= 4 is 5.96 Å². The third-order valence-corrected chi connectivity index (χ3v) is 2.16. The van der Waals surface area contributed by atoms with Crippen LogP contribution in [0.5, 0.6) is 0 Å². The second-order valence-electron chi connectivity index (χ2n) is 5.03. The minimum atomic E-state index is -0.0174. The molecule has 0 saturated carbocycles. The van der Waals surface area contributed by atoms with Crippen LogP contribution in [0.1, 0.15) is 32.0 Å². The predicted octanol–water partition coefficient (Wildman–Crippen LogP) is 0.953. The first-order valence-corrected chi connectivity index (χ1v) is 5.63. The Morgan fingerprint density at radius 2 is 2.12 bits per heavy atom. The second-order valence-corrected chi connectivity index (χ2v) is 5.03. The average molecular weight is 235 g/mol. The summed E-state index contributed by atoms with van der Waals surface area (Å²) in [5.74, 6) is -0.0174. The van der Waals surface area contributed by atoms with Crippen molar-refractivity contribution in [1.29, 1.82) is 5.41 Å². The molecule has 0 bridgehead atoms. The number of aromatic nitrogens is 1. The van der Waals surface area contributed by atoms with E-state index in [1.165, 1.54) is 0 Å². The highest BCUT2D eigenvalue weighted by atomic mass is 15.0. The lowest BCUT2D eigenvalue weighted by atomic mass is 10.1. The maximum Gasteiger partial charge on any atom is 0.185 e. The van der Waals surface area contributed by atoms with Gasteiger partial charge in [0.15, 0.2) is 5.96 Å². The molecular weight excluding hydrogens is 214 g/mol. The van der Waals surface area contributed by atoms with Gasteiger partial charge in [-0.2, -0.15) is 0 Å². The highest BCUT2D eigenvalue weighted by molar-refractivity contribution is 5.74. The third kappa shape index (κ3) is 5.87. The molecule has 1 heterocycles. The minimum Gasteiger partial charge on any atom is -0.370 e. The van der Waals surface area contributed by atoms with Crippen molar-refractivity contribution < 1.29 is 0 Å². The van der Waals surface area contributed by atoms with E-state index in [4.69, 9.17) is 11.1 Å². The Bertz CT molecular complexity index is 381. The van der Waals surface area contributed by atoms with Gasteiger partial charge in [0, 0.05) is 24.8 Å². The standard InChI is InChI=1S/C12H21N5/c1-12(2,3)17-8-10-6-9(4-5-15-10)7-16-11(13)14/h4-6,17H,7-8H2,1-3H3,(H4,13,14,16). The van der Waals surface area contributed by atoms with E-state index >= 15 is 0 Å². The molecule has 94 valence electrons. The first kappa shape index (κ1) is 13.4. The average Bonchev–Trinajstić information content (AvgIpc) is 2.23. The summed E-state index contributed by atoms with van der Waals surface area (Å²) < 4.78 is 0. The summed E-state index contributed by atoms with van der Waals surface area (Å²) in [5.41, 5.74) is 7.38. The van der Waals surface area contributed by atoms with E-state index in [1.807, 2.05) is 12.1 Å². The summed E-state index contributed by atoms with van der Waals surface area (Å²) in [7, 11) is 0. The molecule has 5 heteroatoms. The summed E-state index contributed by atoms with van der Waals surface area (Å²) >= 11 is 0. The molecule has 0 amide bonds. The molecule has 0 aliphatic rings. The number of nitrogens with zero attached hydrogens (tertiary/aromatic N) is 1. The maximum atomic E-state index is 7.10. The van der Waals surface area contributed by atoms with Gasteiger partial charge in [-0.3, -0.25) is 10.4 Å². The number of nitrogens with two attached hydrogens (primary N) is 1. The fraction of sp³-hybridized carbons (Fsp3) is 0.500. The Hall–Kier alpha value is -1.62. The van der Waals surface area contributed by atoms with Crippen LogP contribution in [0.2, 0.25) is 0 Å². The Balaban J connectivity index is 2.56. The molecule has 17 heavy (non-hydrogen) atoms. The predicted molar refractivity (Wildman–Crippen MR) is 69.6 cm³/mol. The number of guanidine groups is 1. The Labute approximate surface area is 102 Å². The monoisotopic (exact) mass is 235 g/mol. The van der Waals surface area contributed by atoms with Gasteiger partial charge in [0.1, 0.15) is 0 Å². The molecule has 0 radical (unpaired) electrons. The van der Waals surface area contributed by atoms with E-state index in [0.29, 0.717) is 6.54 Å². The number of pyridine rings is 1. The lowest BCUT2D eigenvalue weighted by Crippen LogP contribution is -2.35. The van der Waals surface area contributed by atoms with Crippen LogP contribution in [0.15, 0.2) is 18.3 Å². The first-order chi connectivity index (χ1) is 7.87. The number of rotatable bonds is 4. The molecule has 5 N–H and O–H groups in total. The highest BCUT2D eigenvalue weighted by Gasteiger charge is 2.08. The molecule has 1 rings (SSSR count). The van der Waals surface area contributed by atoms with Crippen LogP contribution in [0.25, 0.3) is 0 Å². The van der Waals surface area contributed by atoms with Gasteiger partial charge in [0.2, 0.25) is 0 Å². The molecule has 5 nitrogen and oxygen atoms in total. The molecule has 1 aromatic rings. The fourth-order valence-corrected chi connectivity index (χ4v) is 1.29.